The van der Waals surface area contributed by atoms with E-state index in [0.717, 1.165) is 5.56 Å². The van der Waals surface area contributed by atoms with Crippen LogP contribution in [0.15, 0.2) is 48.5 Å². The van der Waals surface area contributed by atoms with Crippen molar-refractivity contribution in [3.63, 3.8) is 0 Å². The zero-order chi connectivity index (χ0) is 23.1. The fourth-order valence-corrected chi connectivity index (χ4v) is 4.86. The van der Waals surface area contributed by atoms with E-state index in [2.05, 4.69) is 5.32 Å². The summed E-state index contributed by atoms with van der Waals surface area (Å²) in [5, 5.41) is 3.66. The molecule has 0 spiro atoms. The first kappa shape index (κ1) is 22.3. The van der Waals surface area contributed by atoms with E-state index >= 15 is 0 Å². The van der Waals surface area contributed by atoms with Gasteiger partial charge in [-0.25, -0.2) is 0 Å². The number of hydrogen-bond donors (Lipinski definition) is 1. The van der Waals surface area contributed by atoms with Crippen molar-refractivity contribution >= 4 is 35.0 Å². The Labute approximate surface area is 193 Å². The first-order valence-corrected chi connectivity index (χ1v) is 11.3. The predicted octanol–water partition coefficient (Wildman–Crippen LogP) is 4.12. The first-order chi connectivity index (χ1) is 15.1. The number of amides is 3. The molecular weight excluding hydrogens is 426 g/mol. The monoisotopic (exact) mass is 453 g/mol. The quantitative estimate of drug-likeness (QED) is 0.715. The Morgan fingerprint density at radius 2 is 1.91 bits per heavy atom. The molecule has 0 aromatic heterocycles. The van der Waals surface area contributed by atoms with Gasteiger partial charge in [0, 0.05) is 36.4 Å². The van der Waals surface area contributed by atoms with Gasteiger partial charge in [0.15, 0.2) is 0 Å². The molecule has 4 rings (SSSR count). The Hall–Kier alpha value is -2.86. The van der Waals surface area contributed by atoms with Gasteiger partial charge in [-0.05, 0) is 43.2 Å². The molecule has 1 atom stereocenters. The van der Waals surface area contributed by atoms with Gasteiger partial charge in [0.1, 0.15) is 5.66 Å². The highest BCUT2D eigenvalue weighted by Crippen LogP contribution is 2.43. The van der Waals surface area contributed by atoms with E-state index in [1.54, 1.807) is 21.9 Å². The maximum atomic E-state index is 13.3. The highest BCUT2D eigenvalue weighted by Gasteiger charge is 2.52. The Kier molecular flexibility index (Phi) is 5.76. The first-order valence-electron chi connectivity index (χ1n) is 10.9. The normalized spacial score (nSPS) is 20.2. The summed E-state index contributed by atoms with van der Waals surface area (Å²) >= 11 is 6.11. The molecule has 1 unspecified atom stereocenters. The molecule has 1 fully saturated rings. The van der Waals surface area contributed by atoms with E-state index in [4.69, 9.17) is 11.6 Å². The van der Waals surface area contributed by atoms with E-state index in [9.17, 15) is 14.4 Å². The number of rotatable bonds is 6. The van der Waals surface area contributed by atoms with E-state index in [1.165, 1.54) is 0 Å². The Morgan fingerprint density at radius 1 is 1.16 bits per heavy atom. The molecule has 2 heterocycles. The average Bonchev–Trinajstić information content (AvgIpc) is 3.07. The van der Waals surface area contributed by atoms with Gasteiger partial charge in [-0.3, -0.25) is 19.3 Å². The lowest BCUT2D eigenvalue weighted by atomic mass is 9.84. The van der Waals surface area contributed by atoms with Crippen LogP contribution in [0.1, 0.15) is 56.0 Å². The minimum Gasteiger partial charge on any atom is -0.355 e. The molecule has 168 valence electrons. The molecular formula is C25H28ClN3O3. The van der Waals surface area contributed by atoms with Crippen molar-refractivity contribution in [3.8, 4) is 0 Å². The second-order valence-electron chi connectivity index (χ2n) is 9.34. The van der Waals surface area contributed by atoms with Crippen LogP contribution in [0.3, 0.4) is 0 Å². The zero-order valence-corrected chi connectivity index (χ0v) is 19.4. The summed E-state index contributed by atoms with van der Waals surface area (Å²) in [6.45, 7) is 6.70. The molecule has 2 aliphatic rings. The number of benzene rings is 2. The SMILES string of the molecule is CC(C)(CNC(=O)CCN1C(=O)c2ccccc2N2C(=O)CCC12C)c1cccc(Cl)c1. The third-order valence-electron chi connectivity index (χ3n) is 6.64. The van der Waals surface area contributed by atoms with Crippen molar-refractivity contribution in [2.24, 2.45) is 0 Å². The van der Waals surface area contributed by atoms with Gasteiger partial charge in [0.2, 0.25) is 11.8 Å². The minimum atomic E-state index is -0.747. The van der Waals surface area contributed by atoms with Crippen LogP contribution in [-0.4, -0.2) is 41.4 Å². The molecule has 0 aliphatic carbocycles. The summed E-state index contributed by atoms with van der Waals surface area (Å²) in [7, 11) is 0. The molecule has 7 heteroatoms. The molecule has 2 aliphatic heterocycles. The maximum Gasteiger partial charge on any atom is 0.257 e. The number of carbonyl (C=O) groups is 3. The van der Waals surface area contributed by atoms with Crippen molar-refractivity contribution in [1.29, 1.82) is 0 Å². The second-order valence-corrected chi connectivity index (χ2v) is 9.78. The molecule has 1 N–H and O–H groups in total. The topological polar surface area (TPSA) is 69.7 Å². The largest absolute Gasteiger partial charge is 0.355 e. The van der Waals surface area contributed by atoms with Crippen LogP contribution in [0.25, 0.3) is 0 Å². The second kappa shape index (κ2) is 8.24. The van der Waals surface area contributed by atoms with Crippen LogP contribution in [0.2, 0.25) is 5.02 Å². The molecule has 2 aromatic carbocycles. The van der Waals surface area contributed by atoms with E-state index < -0.39 is 5.66 Å². The lowest BCUT2D eigenvalue weighted by Crippen LogP contribution is -2.62. The summed E-state index contributed by atoms with van der Waals surface area (Å²) in [5.74, 6) is -0.266. The van der Waals surface area contributed by atoms with E-state index in [-0.39, 0.29) is 36.1 Å². The number of anilines is 1. The standard InChI is InChI=1S/C25H28ClN3O3/c1-24(2,17-7-6-8-18(26)15-17)16-27-21(30)12-14-28-23(32)19-9-4-5-10-20(19)29-22(31)11-13-25(28,29)3/h4-10,15H,11-14,16H2,1-3H3,(H,27,30). The van der Waals surface area contributed by atoms with Gasteiger partial charge in [-0.1, -0.05) is 49.7 Å². The lowest BCUT2D eigenvalue weighted by molar-refractivity contribution is -0.121. The van der Waals surface area contributed by atoms with E-state index in [0.29, 0.717) is 35.7 Å². The number of fused-ring (bicyclic) bond motifs is 3. The third-order valence-corrected chi connectivity index (χ3v) is 6.88. The van der Waals surface area contributed by atoms with Crippen molar-refractivity contribution < 1.29 is 14.4 Å². The molecule has 0 saturated carbocycles. The predicted molar refractivity (Wildman–Crippen MR) is 125 cm³/mol. The summed E-state index contributed by atoms with van der Waals surface area (Å²) in [6, 6.07) is 14.8. The average molecular weight is 454 g/mol. The summed E-state index contributed by atoms with van der Waals surface area (Å²) in [4.78, 5) is 42.0. The lowest BCUT2D eigenvalue weighted by Gasteiger charge is -2.48. The van der Waals surface area contributed by atoms with Gasteiger partial charge >= 0.3 is 0 Å². The molecule has 0 bridgehead atoms. The number of carbonyl (C=O) groups excluding carboxylic acids is 3. The van der Waals surface area contributed by atoms with Crippen molar-refractivity contribution in [1.82, 2.24) is 10.2 Å². The summed E-state index contributed by atoms with van der Waals surface area (Å²) in [6.07, 6.45) is 1.10. The van der Waals surface area contributed by atoms with Crippen molar-refractivity contribution in [2.45, 2.75) is 51.1 Å². The van der Waals surface area contributed by atoms with Crippen LogP contribution in [0.5, 0.6) is 0 Å². The summed E-state index contributed by atoms with van der Waals surface area (Å²) in [5.41, 5.74) is 1.17. The fourth-order valence-electron chi connectivity index (χ4n) is 4.67. The fraction of sp³-hybridized carbons (Fsp3) is 0.400. The van der Waals surface area contributed by atoms with Crippen LogP contribution < -0.4 is 10.2 Å². The van der Waals surface area contributed by atoms with Crippen LogP contribution in [0.4, 0.5) is 5.69 Å². The number of hydrogen-bond acceptors (Lipinski definition) is 3. The minimum absolute atomic E-state index is 0.00479. The molecule has 3 amide bonds. The number of halogens is 1. The third kappa shape index (κ3) is 3.88. The number of para-hydroxylation sites is 1. The molecule has 32 heavy (non-hydrogen) atoms. The number of nitrogens with zero attached hydrogens (tertiary/aromatic N) is 2. The van der Waals surface area contributed by atoms with Gasteiger partial charge in [-0.2, -0.15) is 0 Å². The molecule has 6 nitrogen and oxygen atoms in total. The van der Waals surface area contributed by atoms with Crippen LogP contribution >= 0.6 is 11.6 Å². The van der Waals surface area contributed by atoms with Gasteiger partial charge < -0.3 is 10.2 Å². The van der Waals surface area contributed by atoms with Gasteiger partial charge in [0.05, 0.1) is 11.3 Å². The van der Waals surface area contributed by atoms with Gasteiger partial charge in [0.25, 0.3) is 5.91 Å². The zero-order valence-electron chi connectivity index (χ0n) is 18.7. The Morgan fingerprint density at radius 3 is 2.66 bits per heavy atom. The van der Waals surface area contributed by atoms with Crippen molar-refractivity contribution in [2.75, 3.05) is 18.0 Å². The Bertz CT molecular complexity index is 1080. The highest BCUT2D eigenvalue weighted by molar-refractivity contribution is 6.30. The van der Waals surface area contributed by atoms with E-state index in [1.807, 2.05) is 57.2 Å². The maximum absolute atomic E-state index is 13.3. The highest BCUT2D eigenvalue weighted by atomic mass is 35.5. The molecule has 2 aromatic rings. The Balaban J connectivity index is 1.45. The van der Waals surface area contributed by atoms with Crippen molar-refractivity contribution in [3.05, 3.63) is 64.7 Å². The molecule has 0 radical (unpaired) electrons. The summed E-state index contributed by atoms with van der Waals surface area (Å²) < 4.78 is 0. The van der Waals surface area contributed by atoms with Crippen LogP contribution in [-0.2, 0) is 15.0 Å². The van der Waals surface area contributed by atoms with Crippen LogP contribution in [0, 0.1) is 0 Å². The number of nitrogens with one attached hydrogen (secondary N) is 1. The smallest absolute Gasteiger partial charge is 0.257 e. The molecule has 1 saturated heterocycles. The van der Waals surface area contributed by atoms with Gasteiger partial charge in [-0.15, -0.1) is 0 Å².